The van der Waals surface area contributed by atoms with Crippen LogP contribution in [0.1, 0.15) is 470 Å². The first-order valence-corrected chi connectivity index (χ1v) is 39.8. The number of aliphatic hydroxyl groups excluding tert-OH is 2. The molecule has 6 heteroatoms. The summed E-state index contributed by atoms with van der Waals surface area (Å²) in [7, 11) is 0. The van der Waals surface area contributed by atoms with E-state index in [0.29, 0.717) is 25.9 Å². The van der Waals surface area contributed by atoms with Crippen LogP contribution in [0.5, 0.6) is 0 Å². The highest BCUT2D eigenvalue weighted by Crippen LogP contribution is 2.21. The molecule has 85 heavy (non-hydrogen) atoms. The van der Waals surface area contributed by atoms with Gasteiger partial charge in [0.15, 0.2) is 0 Å². The third-order valence-corrected chi connectivity index (χ3v) is 19.2. The van der Waals surface area contributed by atoms with E-state index in [0.717, 1.165) is 38.5 Å². The van der Waals surface area contributed by atoms with E-state index in [-0.39, 0.29) is 18.5 Å². The van der Waals surface area contributed by atoms with Gasteiger partial charge in [-0.05, 0) is 25.7 Å². The van der Waals surface area contributed by atoms with Gasteiger partial charge in [0.2, 0.25) is 5.91 Å². The molecule has 0 aliphatic heterocycles. The van der Waals surface area contributed by atoms with Crippen molar-refractivity contribution >= 4 is 11.9 Å². The summed E-state index contributed by atoms with van der Waals surface area (Å²) in [5, 5.41) is 23.3. The van der Waals surface area contributed by atoms with Gasteiger partial charge in [-0.1, -0.05) is 431 Å². The molecule has 0 heterocycles. The number of nitrogens with one attached hydrogen (secondary N) is 1. The van der Waals surface area contributed by atoms with E-state index < -0.39 is 12.1 Å². The number of amides is 1. The quantitative estimate of drug-likeness (QED) is 0.0417. The highest BCUT2D eigenvalue weighted by molar-refractivity contribution is 5.76. The molecule has 6 nitrogen and oxygen atoms in total. The lowest BCUT2D eigenvalue weighted by atomic mass is 10.0. The molecule has 0 rings (SSSR count). The summed E-state index contributed by atoms with van der Waals surface area (Å²) in [6.07, 6.45) is 93.6. The van der Waals surface area contributed by atoms with E-state index >= 15 is 0 Å². The Hall–Kier alpha value is -1.14. The third kappa shape index (κ3) is 71.8. The molecule has 0 aliphatic rings. The monoisotopic (exact) mass is 1200 g/mol. The fraction of sp³-hybridized carbons (Fsp3) is 0.975. The van der Waals surface area contributed by atoms with Crippen LogP contribution in [0, 0.1) is 0 Å². The second-order valence-electron chi connectivity index (χ2n) is 27.8. The molecule has 1 amide bonds. The van der Waals surface area contributed by atoms with Crippen molar-refractivity contribution in [3.8, 4) is 0 Å². The minimum absolute atomic E-state index is 0.0261. The number of esters is 1. The Morgan fingerprint density at radius 2 is 0.482 bits per heavy atom. The Bertz CT molecular complexity index is 1240. The van der Waals surface area contributed by atoms with Crippen molar-refractivity contribution < 1.29 is 24.5 Å². The lowest BCUT2D eigenvalue weighted by Gasteiger charge is -2.22. The smallest absolute Gasteiger partial charge is 0.305 e. The Morgan fingerprint density at radius 3 is 0.718 bits per heavy atom. The summed E-state index contributed by atoms with van der Waals surface area (Å²) >= 11 is 0. The summed E-state index contributed by atoms with van der Waals surface area (Å²) < 4.78 is 5.52. The number of rotatable bonds is 76. The molecular formula is C79H157NO5. The van der Waals surface area contributed by atoms with Crippen LogP contribution in [-0.2, 0) is 14.3 Å². The number of carbonyl (C=O) groups is 2. The second-order valence-corrected chi connectivity index (χ2v) is 27.8. The molecule has 0 aromatic rings. The van der Waals surface area contributed by atoms with Crippen molar-refractivity contribution in [2.75, 3.05) is 13.2 Å². The van der Waals surface area contributed by atoms with Crippen LogP contribution in [0.3, 0.4) is 0 Å². The van der Waals surface area contributed by atoms with Gasteiger partial charge in [-0.15, -0.1) is 0 Å². The van der Waals surface area contributed by atoms with Crippen LogP contribution >= 0.6 is 0 Å². The maximum absolute atomic E-state index is 12.5. The number of hydrogen-bond acceptors (Lipinski definition) is 5. The first-order chi connectivity index (χ1) is 42.0. The molecule has 0 radical (unpaired) electrons. The Balaban J connectivity index is 3.25. The molecule has 0 aromatic heterocycles. The summed E-state index contributed by atoms with van der Waals surface area (Å²) in [5.41, 5.74) is 0. The Labute approximate surface area is 534 Å². The van der Waals surface area contributed by atoms with Gasteiger partial charge in [0, 0.05) is 12.8 Å². The molecule has 2 unspecified atom stereocenters. The molecule has 0 bridgehead atoms. The number of carbonyl (C=O) groups excluding carboxylic acids is 2. The van der Waals surface area contributed by atoms with Gasteiger partial charge in [0.1, 0.15) is 0 Å². The lowest BCUT2D eigenvalue weighted by Crippen LogP contribution is -2.45. The summed E-state index contributed by atoms with van der Waals surface area (Å²) in [4.78, 5) is 24.6. The topological polar surface area (TPSA) is 95.9 Å². The van der Waals surface area contributed by atoms with Gasteiger partial charge in [0.25, 0.3) is 0 Å². The first-order valence-electron chi connectivity index (χ1n) is 39.8. The van der Waals surface area contributed by atoms with Crippen molar-refractivity contribution in [3.63, 3.8) is 0 Å². The molecule has 0 fully saturated rings. The summed E-state index contributed by atoms with van der Waals surface area (Å²) in [5.74, 6) is 0.00324. The number of hydrogen-bond donors (Lipinski definition) is 3. The van der Waals surface area contributed by atoms with E-state index in [1.165, 1.54) is 398 Å². The van der Waals surface area contributed by atoms with Gasteiger partial charge >= 0.3 is 5.97 Å². The van der Waals surface area contributed by atoms with Crippen LogP contribution in [-0.4, -0.2) is 47.4 Å². The minimum Gasteiger partial charge on any atom is -0.466 e. The van der Waals surface area contributed by atoms with E-state index in [1.807, 2.05) is 0 Å². The molecule has 3 N–H and O–H groups in total. The fourth-order valence-corrected chi connectivity index (χ4v) is 13.1. The van der Waals surface area contributed by atoms with E-state index in [1.54, 1.807) is 0 Å². The van der Waals surface area contributed by atoms with Gasteiger partial charge in [-0.2, -0.15) is 0 Å². The Kier molecular flexibility index (Phi) is 74.3. The van der Waals surface area contributed by atoms with Crippen molar-refractivity contribution in [2.45, 2.75) is 482 Å². The first kappa shape index (κ1) is 83.9. The molecule has 0 aliphatic carbocycles. The van der Waals surface area contributed by atoms with Crippen molar-refractivity contribution in [1.82, 2.24) is 5.32 Å². The number of aliphatic hydroxyl groups is 2. The van der Waals surface area contributed by atoms with Crippen molar-refractivity contribution in [1.29, 1.82) is 0 Å². The standard InChI is InChI=1S/C79H157NO5/c1-3-5-7-9-11-13-15-17-18-42-46-49-53-57-61-65-69-73-79(84)85-74-70-66-62-58-54-50-47-44-41-39-37-35-33-31-29-27-25-23-21-19-20-22-24-26-28-30-32-34-36-38-40-43-45-48-52-56-60-64-68-72-78(83)80-76(75-81)77(82)71-67-63-59-55-51-16-14-12-10-8-6-4-2/h76-77,81-82H,3-75H2,1-2H3,(H,80,83). The van der Waals surface area contributed by atoms with Crippen LogP contribution in [0.15, 0.2) is 0 Å². The number of ether oxygens (including phenoxy) is 1. The second kappa shape index (κ2) is 75.3. The number of unbranched alkanes of at least 4 members (excludes halogenated alkanes) is 65. The maximum atomic E-state index is 12.5. The molecule has 508 valence electrons. The molecule has 0 spiro atoms. The fourth-order valence-electron chi connectivity index (χ4n) is 13.1. The van der Waals surface area contributed by atoms with Gasteiger partial charge in [0.05, 0.1) is 25.4 Å². The van der Waals surface area contributed by atoms with Gasteiger partial charge < -0.3 is 20.3 Å². The average molecular weight is 1200 g/mol. The maximum Gasteiger partial charge on any atom is 0.305 e. The van der Waals surface area contributed by atoms with E-state index in [2.05, 4.69) is 19.2 Å². The predicted octanol–water partition coefficient (Wildman–Crippen LogP) is 26.1. The van der Waals surface area contributed by atoms with Gasteiger partial charge in [-0.25, -0.2) is 0 Å². The zero-order valence-corrected chi connectivity index (χ0v) is 58.4. The van der Waals surface area contributed by atoms with Crippen LogP contribution in [0.25, 0.3) is 0 Å². The van der Waals surface area contributed by atoms with Gasteiger partial charge in [-0.3, -0.25) is 9.59 Å². The molecule has 0 saturated carbocycles. The highest BCUT2D eigenvalue weighted by Gasteiger charge is 2.20. The average Bonchev–Trinajstić information content (AvgIpc) is 3.52. The highest BCUT2D eigenvalue weighted by atomic mass is 16.5. The summed E-state index contributed by atoms with van der Waals surface area (Å²) in [6.45, 7) is 5.00. The largest absolute Gasteiger partial charge is 0.466 e. The minimum atomic E-state index is -0.658. The molecule has 2 atom stereocenters. The molecule has 0 saturated heterocycles. The van der Waals surface area contributed by atoms with E-state index in [9.17, 15) is 19.8 Å². The van der Waals surface area contributed by atoms with E-state index in [4.69, 9.17) is 4.74 Å². The van der Waals surface area contributed by atoms with Crippen molar-refractivity contribution in [2.24, 2.45) is 0 Å². The normalized spacial score (nSPS) is 12.4. The zero-order valence-electron chi connectivity index (χ0n) is 58.4. The predicted molar refractivity (Wildman–Crippen MR) is 375 cm³/mol. The van der Waals surface area contributed by atoms with Crippen LogP contribution < -0.4 is 5.32 Å². The van der Waals surface area contributed by atoms with Crippen LogP contribution in [0.2, 0.25) is 0 Å². The Morgan fingerprint density at radius 1 is 0.282 bits per heavy atom. The SMILES string of the molecule is CCCCCCCCCCCCCCCCCCCC(=O)OCCCCCCCCCCCCCCCCCCCCCCCCCCCCCCCCCCCCCCCCCC(=O)NC(CO)C(O)CCCCCCCCCCCCCC. The lowest BCUT2D eigenvalue weighted by molar-refractivity contribution is -0.143. The summed E-state index contributed by atoms with van der Waals surface area (Å²) in [6, 6.07) is -0.534. The van der Waals surface area contributed by atoms with Crippen molar-refractivity contribution in [3.05, 3.63) is 0 Å². The zero-order chi connectivity index (χ0) is 61.3. The molecule has 0 aromatic carbocycles. The third-order valence-electron chi connectivity index (χ3n) is 19.2. The molecular weight excluding hydrogens is 1040 g/mol. The van der Waals surface area contributed by atoms with Crippen LogP contribution in [0.4, 0.5) is 0 Å².